The minimum atomic E-state index is -0.694. The molecule has 2 nitrogen and oxygen atoms in total. The molecular formula is C10H9ClO2. The number of rotatable bonds is 2. The van der Waals surface area contributed by atoms with E-state index in [0.717, 1.165) is 12.0 Å². The Bertz CT molecular complexity index is 331. The molecule has 3 heteroatoms. The van der Waals surface area contributed by atoms with E-state index < -0.39 is 5.97 Å². The zero-order valence-corrected chi connectivity index (χ0v) is 7.66. The molecule has 0 spiro atoms. The van der Waals surface area contributed by atoms with Gasteiger partial charge in [0.1, 0.15) is 0 Å². The zero-order chi connectivity index (χ0) is 9.42. The van der Waals surface area contributed by atoms with Gasteiger partial charge in [-0.1, -0.05) is 23.7 Å². The summed E-state index contributed by atoms with van der Waals surface area (Å²) < 4.78 is 0. The van der Waals surface area contributed by atoms with Gasteiger partial charge in [-0.3, -0.25) is 4.79 Å². The van der Waals surface area contributed by atoms with Crippen molar-refractivity contribution in [3.63, 3.8) is 0 Å². The third-order valence-electron chi connectivity index (χ3n) is 2.41. The lowest BCUT2D eigenvalue weighted by Gasteiger charge is -1.97. The van der Waals surface area contributed by atoms with Gasteiger partial charge in [-0.15, -0.1) is 0 Å². The van der Waals surface area contributed by atoms with Crippen molar-refractivity contribution in [2.45, 2.75) is 12.3 Å². The van der Waals surface area contributed by atoms with Crippen molar-refractivity contribution >= 4 is 17.6 Å². The second-order valence-electron chi connectivity index (χ2n) is 3.34. The summed E-state index contributed by atoms with van der Waals surface area (Å²) >= 11 is 5.72. The molecule has 13 heavy (non-hydrogen) atoms. The predicted molar refractivity (Wildman–Crippen MR) is 49.9 cm³/mol. The summed E-state index contributed by atoms with van der Waals surface area (Å²) in [7, 11) is 0. The van der Waals surface area contributed by atoms with Gasteiger partial charge in [0, 0.05) is 5.02 Å². The van der Waals surface area contributed by atoms with E-state index in [1.54, 1.807) is 12.1 Å². The van der Waals surface area contributed by atoms with Crippen LogP contribution in [-0.4, -0.2) is 11.1 Å². The van der Waals surface area contributed by atoms with E-state index in [-0.39, 0.29) is 11.8 Å². The van der Waals surface area contributed by atoms with Crippen molar-refractivity contribution in [2.24, 2.45) is 5.92 Å². The Morgan fingerprint density at radius 1 is 1.38 bits per heavy atom. The van der Waals surface area contributed by atoms with E-state index in [2.05, 4.69) is 0 Å². The first kappa shape index (κ1) is 8.57. The maximum atomic E-state index is 10.6. The molecule has 0 aliphatic heterocycles. The van der Waals surface area contributed by atoms with Crippen LogP contribution in [0.3, 0.4) is 0 Å². The molecule has 0 saturated heterocycles. The molecule has 1 fully saturated rings. The van der Waals surface area contributed by atoms with Crippen LogP contribution >= 0.6 is 11.6 Å². The molecule has 0 unspecified atom stereocenters. The molecule has 0 radical (unpaired) electrons. The van der Waals surface area contributed by atoms with Crippen LogP contribution in [0, 0.1) is 5.92 Å². The van der Waals surface area contributed by atoms with E-state index in [0.29, 0.717) is 5.02 Å². The molecular weight excluding hydrogens is 188 g/mol. The van der Waals surface area contributed by atoms with E-state index in [9.17, 15) is 4.79 Å². The topological polar surface area (TPSA) is 37.3 Å². The Balaban J connectivity index is 2.12. The fourth-order valence-corrected chi connectivity index (χ4v) is 1.67. The lowest BCUT2D eigenvalue weighted by atomic mass is 10.1. The standard InChI is InChI=1S/C10H9ClO2/c11-7-3-1-6(2-4-7)8-5-9(8)10(12)13/h1-4,8-9H,5H2,(H,12,13)/t8-,9+/m0/s1. The van der Waals surface area contributed by atoms with Gasteiger partial charge in [0.05, 0.1) is 5.92 Å². The lowest BCUT2D eigenvalue weighted by Crippen LogP contribution is -1.98. The summed E-state index contributed by atoms with van der Waals surface area (Å²) in [5, 5.41) is 9.40. The number of benzene rings is 1. The highest BCUT2D eigenvalue weighted by molar-refractivity contribution is 6.30. The monoisotopic (exact) mass is 196 g/mol. The van der Waals surface area contributed by atoms with Crippen LogP contribution in [0.5, 0.6) is 0 Å². The molecule has 0 aromatic heterocycles. The first-order chi connectivity index (χ1) is 6.18. The molecule has 0 amide bonds. The highest BCUT2D eigenvalue weighted by Crippen LogP contribution is 2.47. The second-order valence-corrected chi connectivity index (χ2v) is 3.77. The molecule has 68 valence electrons. The maximum Gasteiger partial charge on any atom is 0.307 e. The third-order valence-corrected chi connectivity index (χ3v) is 2.66. The van der Waals surface area contributed by atoms with Crippen molar-refractivity contribution < 1.29 is 9.90 Å². The van der Waals surface area contributed by atoms with Crippen molar-refractivity contribution in [1.82, 2.24) is 0 Å². The molecule has 1 N–H and O–H groups in total. The summed E-state index contributed by atoms with van der Waals surface area (Å²) in [4.78, 5) is 10.6. The van der Waals surface area contributed by atoms with E-state index in [1.165, 1.54) is 0 Å². The van der Waals surface area contributed by atoms with E-state index >= 15 is 0 Å². The van der Waals surface area contributed by atoms with Gasteiger partial charge in [-0.05, 0) is 30.0 Å². The third kappa shape index (κ3) is 1.68. The number of carbonyl (C=O) groups is 1. The number of carboxylic acid groups (broad SMARTS) is 1. The molecule has 1 aromatic carbocycles. The summed E-state index contributed by atoms with van der Waals surface area (Å²) in [5.74, 6) is -0.670. The van der Waals surface area contributed by atoms with Gasteiger partial charge in [-0.25, -0.2) is 0 Å². The van der Waals surface area contributed by atoms with Gasteiger partial charge in [0.25, 0.3) is 0 Å². The van der Waals surface area contributed by atoms with Gasteiger partial charge in [0.15, 0.2) is 0 Å². The molecule has 2 rings (SSSR count). The van der Waals surface area contributed by atoms with Crippen LogP contribution in [0.15, 0.2) is 24.3 Å². The molecule has 1 aliphatic carbocycles. The van der Waals surface area contributed by atoms with Crippen LogP contribution in [0.2, 0.25) is 5.02 Å². The van der Waals surface area contributed by atoms with Crippen LogP contribution < -0.4 is 0 Å². The molecule has 1 saturated carbocycles. The summed E-state index contributed by atoms with van der Waals surface area (Å²) in [6, 6.07) is 7.40. The van der Waals surface area contributed by atoms with Gasteiger partial charge < -0.3 is 5.11 Å². The SMILES string of the molecule is O=C(O)[C@@H]1C[C@H]1c1ccc(Cl)cc1. The number of aliphatic carboxylic acids is 1. The van der Waals surface area contributed by atoms with Crippen molar-refractivity contribution in [1.29, 1.82) is 0 Å². The quantitative estimate of drug-likeness (QED) is 0.789. The zero-order valence-electron chi connectivity index (χ0n) is 6.90. The summed E-state index contributed by atoms with van der Waals surface area (Å²) in [5.41, 5.74) is 1.08. The molecule has 1 aliphatic rings. The van der Waals surface area contributed by atoms with Crippen molar-refractivity contribution in [3.05, 3.63) is 34.9 Å². The normalized spacial score (nSPS) is 25.6. The lowest BCUT2D eigenvalue weighted by molar-refractivity contribution is -0.138. The van der Waals surface area contributed by atoms with Gasteiger partial charge in [-0.2, -0.15) is 0 Å². The van der Waals surface area contributed by atoms with Gasteiger partial charge >= 0.3 is 5.97 Å². The minimum Gasteiger partial charge on any atom is -0.481 e. The predicted octanol–water partition coefficient (Wildman–Crippen LogP) is 2.53. The Hall–Kier alpha value is -1.02. The molecule has 0 bridgehead atoms. The molecule has 0 heterocycles. The average Bonchev–Trinajstić information content (AvgIpc) is 2.85. The number of carboxylic acids is 1. The van der Waals surface area contributed by atoms with Crippen LogP contribution in [0.25, 0.3) is 0 Å². The van der Waals surface area contributed by atoms with Crippen LogP contribution in [0.4, 0.5) is 0 Å². The number of halogens is 1. The fourth-order valence-electron chi connectivity index (χ4n) is 1.55. The van der Waals surface area contributed by atoms with Gasteiger partial charge in [0.2, 0.25) is 0 Å². The maximum absolute atomic E-state index is 10.6. The largest absolute Gasteiger partial charge is 0.481 e. The number of hydrogen-bond acceptors (Lipinski definition) is 1. The van der Waals surface area contributed by atoms with Crippen LogP contribution in [0.1, 0.15) is 17.9 Å². The van der Waals surface area contributed by atoms with E-state index in [1.807, 2.05) is 12.1 Å². The van der Waals surface area contributed by atoms with Crippen molar-refractivity contribution in [2.75, 3.05) is 0 Å². The second kappa shape index (κ2) is 3.04. The summed E-state index contributed by atoms with van der Waals surface area (Å²) in [6.45, 7) is 0. The Morgan fingerprint density at radius 3 is 2.46 bits per heavy atom. The smallest absolute Gasteiger partial charge is 0.307 e. The number of hydrogen-bond donors (Lipinski definition) is 1. The van der Waals surface area contributed by atoms with E-state index in [4.69, 9.17) is 16.7 Å². The Morgan fingerprint density at radius 2 is 2.00 bits per heavy atom. The minimum absolute atomic E-state index is 0.179. The van der Waals surface area contributed by atoms with Crippen molar-refractivity contribution in [3.8, 4) is 0 Å². The highest BCUT2D eigenvalue weighted by Gasteiger charge is 2.43. The summed E-state index contributed by atoms with van der Waals surface area (Å²) in [6.07, 6.45) is 0.761. The fraction of sp³-hybridized carbons (Fsp3) is 0.300. The molecule has 1 aromatic rings. The Labute approximate surface area is 81.1 Å². The molecule has 2 atom stereocenters. The average molecular weight is 197 g/mol. The highest BCUT2D eigenvalue weighted by atomic mass is 35.5. The Kier molecular flexibility index (Phi) is 2.00. The van der Waals surface area contributed by atoms with Crippen LogP contribution in [-0.2, 0) is 4.79 Å². The first-order valence-electron chi connectivity index (χ1n) is 4.17. The first-order valence-corrected chi connectivity index (χ1v) is 4.54.